The number of benzene rings is 1. The first kappa shape index (κ1) is 11.2. The number of hydrogen-bond donors (Lipinski definition) is 2. The van der Waals surface area contributed by atoms with Gasteiger partial charge < -0.3 is 10.2 Å². The van der Waals surface area contributed by atoms with E-state index in [2.05, 4.69) is 6.07 Å². The van der Waals surface area contributed by atoms with Gasteiger partial charge in [0.15, 0.2) is 0 Å². The lowest BCUT2D eigenvalue weighted by atomic mass is 10.0. The standard InChI is InChI=1S/C12H17O2/c13-10-6-2-5-9-12(14)11-7-3-1-4-8-11/h3-4,7-8,12-14H,2,5-6,9-10H2. The Morgan fingerprint density at radius 1 is 1.14 bits per heavy atom. The summed E-state index contributed by atoms with van der Waals surface area (Å²) in [4.78, 5) is 0. The van der Waals surface area contributed by atoms with E-state index >= 15 is 0 Å². The molecule has 14 heavy (non-hydrogen) atoms. The van der Waals surface area contributed by atoms with Gasteiger partial charge in [0.25, 0.3) is 0 Å². The summed E-state index contributed by atoms with van der Waals surface area (Å²) < 4.78 is 0. The molecule has 0 spiro atoms. The van der Waals surface area contributed by atoms with Gasteiger partial charge in [-0.2, -0.15) is 0 Å². The average Bonchev–Trinajstić information content (AvgIpc) is 2.25. The minimum Gasteiger partial charge on any atom is -0.396 e. The molecule has 0 heterocycles. The maximum absolute atomic E-state index is 9.74. The van der Waals surface area contributed by atoms with Crippen LogP contribution in [-0.2, 0) is 0 Å². The molecule has 1 rings (SSSR count). The van der Waals surface area contributed by atoms with E-state index in [1.807, 2.05) is 24.3 Å². The fourth-order valence-corrected chi connectivity index (χ4v) is 1.41. The Morgan fingerprint density at radius 2 is 1.86 bits per heavy atom. The first-order valence-electron chi connectivity index (χ1n) is 5.09. The second kappa shape index (κ2) is 6.57. The third-order valence-electron chi connectivity index (χ3n) is 2.26. The highest BCUT2D eigenvalue weighted by Gasteiger charge is 2.05. The summed E-state index contributed by atoms with van der Waals surface area (Å²) in [5.41, 5.74) is 0.952. The Hall–Kier alpha value is -0.860. The molecular weight excluding hydrogens is 176 g/mol. The molecule has 2 N–H and O–H groups in total. The highest BCUT2D eigenvalue weighted by atomic mass is 16.3. The molecule has 0 aliphatic carbocycles. The molecule has 2 heteroatoms. The Bertz CT molecular complexity index is 233. The lowest BCUT2D eigenvalue weighted by Crippen LogP contribution is -1.97. The van der Waals surface area contributed by atoms with Crippen LogP contribution in [-0.4, -0.2) is 16.8 Å². The van der Waals surface area contributed by atoms with Gasteiger partial charge in [-0.25, -0.2) is 0 Å². The zero-order valence-electron chi connectivity index (χ0n) is 8.32. The Labute approximate surface area is 85.2 Å². The molecule has 1 atom stereocenters. The van der Waals surface area contributed by atoms with Gasteiger partial charge in [-0.15, -0.1) is 0 Å². The fraction of sp³-hybridized carbons (Fsp3) is 0.500. The number of unbranched alkanes of at least 4 members (excludes halogenated alkanes) is 2. The van der Waals surface area contributed by atoms with Gasteiger partial charge in [-0.3, -0.25) is 0 Å². The second-order valence-corrected chi connectivity index (χ2v) is 3.42. The molecule has 0 saturated heterocycles. The summed E-state index contributed by atoms with van der Waals surface area (Å²) >= 11 is 0. The third kappa shape index (κ3) is 3.90. The van der Waals surface area contributed by atoms with E-state index in [0.717, 1.165) is 31.2 Å². The fourth-order valence-electron chi connectivity index (χ4n) is 1.41. The smallest absolute Gasteiger partial charge is 0.0790 e. The van der Waals surface area contributed by atoms with Crippen LogP contribution >= 0.6 is 0 Å². The third-order valence-corrected chi connectivity index (χ3v) is 2.26. The summed E-state index contributed by atoms with van der Waals surface area (Å²) in [5.74, 6) is 0. The molecule has 77 valence electrons. The van der Waals surface area contributed by atoms with Crippen LogP contribution in [0.25, 0.3) is 0 Å². The minimum absolute atomic E-state index is 0.246. The molecule has 0 bridgehead atoms. The number of hydrogen-bond acceptors (Lipinski definition) is 2. The summed E-state index contributed by atoms with van der Waals surface area (Å²) in [7, 11) is 0. The van der Waals surface area contributed by atoms with Gasteiger partial charge in [0.1, 0.15) is 0 Å². The quantitative estimate of drug-likeness (QED) is 0.679. The van der Waals surface area contributed by atoms with Crippen molar-refractivity contribution in [3.05, 3.63) is 35.9 Å². The lowest BCUT2D eigenvalue weighted by molar-refractivity contribution is 0.162. The van der Waals surface area contributed by atoms with E-state index in [1.165, 1.54) is 0 Å². The van der Waals surface area contributed by atoms with Gasteiger partial charge in [-0.05, 0) is 24.5 Å². The van der Waals surface area contributed by atoms with Crippen LogP contribution in [0.1, 0.15) is 37.4 Å². The zero-order valence-corrected chi connectivity index (χ0v) is 8.32. The van der Waals surface area contributed by atoms with Crippen LogP contribution in [0, 0.1) is 6.07 Å². The first-order valence-corrected chi connectivity index (χ1v) is 5.09. The number of aliphatic hydroxyl groups is 2. The monoisotopic (exact) mass is 193 g/mol. The molecule has 0 aliphatic heterocycles. The van der Waals surface area contributed by atoms with Crippen LogP contribution in [0.5, 0.6) is 0 Å². The normalized spacial score (nSPS) is 12.7. The molecule has 0 aliphatic rings. The molecule has 0 saturated carbocycles. The maximum atomic E-state index is 9.74. The topological polar surface area (TPSA) is 40.5 Å². The van der Waals surface area contributed by atoms with Gasteiger partial charge >= 0.3 is 0 Å². The molecule has 0 aromatic heterocycles. The van der Waals surface area contributed by atoms with Crippen molar-refractivity contribution in [1.29, 1.82) is 0 Å². The van der Waals surface area contributed by atoms with E-state index in [9.17, 15) is 5.11 Å². The van der Waals surface area contributed by atoms with Crippen molar-refractivity contribution in [3.8, 4) is 0 Å². The van der Waals surface area contributed by atoms with Crippen molar-refractivity contribution in [1.82, 2.24) is 0 Å². The van der Waals surface area contributed by atoms with Crippen molar-refractivity contribution in [2.75, 3.05) is 6.61 Å². The zero-order chi connectivity index (χ0) is 10.2. The maximum Gasteiger partial charge on any atom is 0.0790 e. The number of aliphatic hydroxyl groups excluding tert-OH is 2. The van der Waals surface area contributed by atoms with E-state index in [-0.39, 0.29) is 12.7 Å². The molecule has 0 amide bonds. The van der Waals surface area contributed by atoms with Crippen molar-refractivity contribution in [2.45, 2.75) is 31.8 Å². The van der Waals surface area contributed by atoms with E-state index in [0.29, 0.717) is 0 Å². The average molecular weight is 193 g/mol. The number of rotatable bonds is 6. The van der Waals surface area contributed by atoms with Crippen LogP contribution < -0.4 is 0 Å². The van der Waals surface area contributed by atoms with Crippen molar-refractivity contribution >= 4 is 0 Å². The van der Waals surface area contributed by atoms with Crippen molar-refractivity contribution in [3.63, 3.8) is 0 Å². The highest BCUT2D eigenvalue weighted by Crippen LogP contribution is 2.18. The predicted molar refractivity (Wildman–Crippen MR) is 55.8 cm³/mol. The van der Waals surface area contributed by atoms with Gasteiger partial charge in [0.05, 0.1) is 6.10 Å². The largest absolute Gasteiger partial charge is 0.396 e. The van der Waals surface area contributed by atoms with Gasteiger partial charge in [0, 0.05) is 6.61 Å². The van der Waals surface area contributed by atoms with Crippen LogP contribution in [0.4, 0.5) is 0 Å². The van der Waals surface area contributed by atoms with Gasteiger partial charge in [0.2, 0.25) is 0 Å². The summed E-state index contributed by atoms with van der Waals surface area (Å²) in [6.07, 6.45) is 3.16. The molecule has 1 aromatic carbocycles. The lowest BCUT2D eigenvalue weighted by Gasteiger charge is -2.09. The van der Waals surface area contributed by atoms with Crippen molar-refractivity contribution in [2.24, 2.45) is 0 Å². The Kier molecular flexibility index (Phi) is 5.27. The molecule has 1 unspecified atom stereocenters. The summed E-state index contributed by atoms with van der Waals surface area (Å²) in [5, 5.41) is 18.3. The Balaban J connectivity index is 2.25. The summed E-state index contributed by atoms with van der Waals surface area (Å²) in [6, 6.07) is 10.3. The van der Waals surface area contributed by atoms with E-state index < -0.39 is 0 Å². The predicted octanol–water partition coefficient (Wildman–Crippen LogP) is 2.07. The molecular formula is C12H17O2. The Morgan fingerprint density at radius 3 is 2.50 bits per heavy atom. The SMILES string of the molecule is OCCCCCC(O)c1cc[c]cc1. The van der Waals surface area contributed by atoms with Gasteiger partial charge in [-0.1, -0.05) is 37.1 Å². The summed E-state index contributed by atoms with van der Waals surface area (Å²) in [6.45, 7) is 0.246. The highest BCUT2D eigenvalue weighted by molar-refractivity contribution is 5.16. The second-order valence-electron chi connectivity index (χ2n) is 3.42. The first-order chi connectivity index (χ1) is 6.84. The van der Waals surface area contributed by atoms with E-state index in [1.54, 1.807) is 0 Å². The van der Waals surface area contributed by atoms with Crippen LogP contribution in [0.15, 0.2) is 24.3 Å². The van der Waals surface area contributed by atoms with Crippen LogP contribution in [0.3, 0.4) is 0 Å². The minimum atomic E-state index is -0.372. The molecule has 1 aromatic rings. The van der Waals surface area contributed by atoms with E-state index in [4.69, 9.17) is 5.11 Å². The molecule has 2 nitrogen and oxygen atoms in total. The molecule has 1 radical (unpaired) electrons. The van der Waals surface area contributed by atoms with Crippen LogP contribution in [0.2, 0.25) is 0 Å². The van der Waals surface area contributed by atoms with Crippen molar-refractivity contribution < 1.29 is 10.2 Å². The molecule has 0 fully saturated rings.